The number of nitrogens with one attached hydrogen (secondary N) is 1. The van der Waals surface area contributed by atoms with Gasteiger partial charge in [-0.05, 0) is 24.1 Å². The first-order chi connectivity index (χ1) is 7.31. The van der Waals surface area contributed by atoms with Crippen LogP contribution < -0.4 is 5.32 Å². The molecular formula is C11H15N2O2-. The summed E-state index contributed by atoms with van der Waals surface area (Å²) in [7, 11) is 0. The van der Waals surface area contributed by atoms with Crippen molar-refractivity contribution in [3.05, 3.63) is 40.6 Å². The SMILES string of the molecule is [O-]N1CCNC1c1ccc(CCO)cc1. The van der Waals surface area contributed by atoms with E-state index in [2.05, 4.69) is 5.32 Å². The van der Waals surface area contributed by atoms with Crippen LogP contribution in [-0.4, -0.2) is 29.9 Å². The molecule has 1 heterocycles. The predicted molar refractivity (Wildman–Crippen MR) is 58.0 cm³/mol. The minimum atomic E-state index is -0.201. The lowest BCUT2D eigenvalue weighted by Crippen LogP contribution is -2.22. The van der Waals surface area contributed by atoms with Gasteiger partial charge < -0.3 is 15.4 Å². The minimum Gasteiger partial charge on any atom is -0.784 e. The van der Waals surface area contributed by atoms with Gasteiger partial charge in [0.2, 0.25) is 0 Å². The van der Waals surface area contributed by atoms with E-state index in [1.54, 1.807) is 0 Å². The van der Waals surface area contributed by atoms with Crippen molar-refractivity contribution in [1.29, 1.82) is 0 Å². The summed E-state index contributed by atoms with van der Waals surface area (Å²) in [6.45, 7) is 1.45. The smallest absolute Gasteiger partial charge is 0.0746 e. The molecule has 0 amide bonds. The lowest BCUT2D eigenvalue weighted by atomic mass is 10.1. The van der Waals surface area contributed by atoms with Gasteiger partial charge in [0.1, 0.15) is 0 Å². The molecule has 1 atom stereocenters. The van der Waals surface area contributed by atoms with Crippen molar-refractivity contribution in [3.8, 4) is 0 Å². The quantitative estimate of drug-likeness (QED) is 0.763. The number of aliphatic hydroxyl groups is 1. The molecule has 1 aromatic rings. The van der Waals surface area contributed by atoms with E-state index < -0.39 is 0 Å². The fourth-order valence-corrected chi connectivity index (χ4v) is 1.82. The van der Waals surface area contributed by atoms with Gasteiger partial charge in [0.15, 0.2) is 0 Å². The molecule has 4 nitrogen and oxygen atoms in total. The van der Waals surface area contributed by atoms with Crippen molar-refractivity contribution in [3.63, 3.8) is 0 Å². The van der Waals surface area contributed by atoms with Crippen LogP contribution in [0.5, 0.6) is 0 Å². The maximum absolute atomic E-state index is 11.4. The molecule has 82 valence electrons. The highest BCUT2D eigenvalue weighted by atomic mass is 16.5. The molecule has 0 aliphatic carbocycles. The highest BCUT2D eigenvalue weighted by Gasteiger charge is 2.17. The molecule has 1 fully saturated rings. The standard InChI is InChI=1S/C11H15N2O2/c14-8-5-9-1-3-10(4-2-9)11-12-6-7-13(11)15/h1-4,11-12,14H,5-8H2/q-1. The molecule has 0 saturated carbocycles. The van der Waals surface area contributed by atoms with Crippen LogP contribution in [0.15, 0.2) is 24.3 Å². The Morgan fingerprint density at radius 3 is 2.67 bits per heavy atom. The van der Waals surface area contributed by atoms with Crippen LogP contribution in [0.3, 0.4) is 0 Å². The zero-order valence-electron chi connectivity index (χ0n) is 8.52. The van der Waals surface area contributed by atoms with E-state index in [9.17, 15) is 5.21 Å². The van der Waals surface area contributed by atoms with E-state index in [0.717, 1.165) is 22.7 Å². The van der Waals surface area contributed by atoms with E-state index in [4.69, 9.17) is 5.11 Å². The molecule has 1 aliphatic rings. The monoisotopic (exact) mass is 207 g/mol. The summed E-state index contributed by atoms with van der Waals surface area (Å²) in [4.78, 5) is 0. The minimum absolute atomic E-state index is 0.161. The number of hydrogen-bond donors (Lipinski definition) is 2. The van der Waals surface area contributed by atoms with E-state index in [0.29, 0.717) is 13.0 Å². The van der Waals surface area contributed by atoms with E-state index in [1.165, 1.54) is 0 Å². The van der Waals surface area contributed by atoms with Crippen LogP contribution >= 0.6 is 0 Å². The molecule has 15 heavy (non-hydrogen) atoms. The molecule has 0 spiro atoms. The third kappa shape index (κ3) is 2.35. The van der Waals surface area contributed by atoms with Gasteiger partial charge in [0.25, 0.3) is 0 Å². The van der Waals surface area contributed by atoms with Crippen LogP contribution in [0.4, 0.5) is 0 Å². The molecule has 2 N–H and O–H groups in total. The number of rotatable bonds is 3. The Morgan fingerprint density at radius 2 is 2.13 bits per heavy atom. The Morgan fingerprint density at radius 1 is 1.40 bits per heavy atom. The van der Waals surface area contributed by atoms with Gasteiger partial charge in [0, 0.05) is 13.2 Å². The Bertz CT molecular complexity index is 313. The Labute approximate surface area is 89.1 Å². The summed E-state index contributed by atoms with van der Waals surface area (Å²) in [5, 5.41) is 24.4. The normalized spacial score (nSPS) is 22.1. The van der Waals surface area contributed by atoms with E-state index in [-0.39, 0.29) is 12.8 Å². The number of hydrogen-bond acceptors (Lipinski definition) is 4. The van der Waals surface area contributed by atoms with Gasteiger partial charge in [-0.25, -0.2) is 0 Å². The van der Waals surface area contributed by atoms with Gasteiger partial charge in [-0.2, -0.15) is 0 Å². The first-order valence-corrected chi connectivity index (χ1v) is 5.18. The van der Waals surface area contributed by atoms with Crippen molar-refractivity contribution >= 4 is 0 Å². The maximum Gasteiger partial charge on any atom is 0.0746 e. The summed E-state index contributed by atoms with van der Waals surface area (Å²) in [5.74, 6) is 0. The Balaban J connectivity index is 2.09. The number of aliphatic hydroxyl groups excluding tert-OH is 1. The van der Waals surface area contributed by atoms with Crippen molar-refractivity contribution in [2.75, 3.05) is 19.7 Å². The molecule has 0 radical (unpaired) electrons. The highest BCUT2D eigenvalue weighted by molar-refractivity contribution is 5.25. The number of hydroxylamine groups is 2. The first-order valence-electron chi connectivity index (χ1n) is 5.18. The zero-order valence-corrected chi connectivity index (χ0v) is 8.52. The Hall–Kier alpha value is -0.940. The number of nitrogens with zero attached hydrogens (tertiary/aromatic N) is 1. The average molecular weight is 207 g/mol. The molecule has 1 saturated heterocycles. The largest absolute Gasteiger partial charge is 0.784 e. The van der Waals surface area contributed by atoms with Crippen molar-refractivity contribution in [1.82, 2.24) is 10.4 Å². The van der Waals surface area contributed by atoms with Gasteiger partial charge in [-0.3, -0.25) is 5.32 Å². The van der Waals surface area contributed by atoms with Gasteiger partial charge in [-0.1, -0.05) is 24.3 Å². The molecule has 1 aliphatic heterocycles. The summed E-state index contributed by atoms with van der Waals surface area (Å²) >= 11 is 0. The Kier molecular flexibility index (Phi) is 3.33. The molecule has 1 unspecified atom stereocenters. The lowest BCUT2D eigenvalue weighted by molar-refractivity contribution is 0.299. The number of benzene rings is 1. The zero-order chi connectivity index (χ0) is 10.7. The second kappa shape index (κ2) is 4.72. The van der Waals surface area contributed by atoms with Gasteiger partial charge in [0.05, 0.1) is 6.17 Å². The molecule has 0 aromatic heterocycles. The topological polar surface area (TPSA) is 58.6 Å². The van der Waals surface area contributed by atoms with Crippen molar-refractivity contribution in [2.45, 2.75) is 12.6 Å². The van der Waals surface area contributed by atoms with E-state index in [1.807, 2.05) is 24.3 Å². The average Bonchev–Trinajstić information content (AvgIpc) is 2.66. The highest BCUT2D eigenvalue weighted by Crippen LogP contribution is 2.20. The fraction of sp³-hybridized carbons (Fsp3) is 0.455. The van der Waals surface area contributed by atoms with E-state index >= 15 is 0 Å². The molecule has 4 heteroatoms. The first kappa shape index (κ1) is 10.6. The molecule has 0 bridgehead atoms. The third-order valence-electron chi connectivity index (χ3n) is 2.65. The second-order valence-electron chi connectivity index (χ2n) is 3.71. The molecular weight excluding hydrogens is 192 g/mol. The molecule has 2 rings (SSSR count). The predicted octanol–water partition coefficient (Wildman–Crippen LogP) is 0.623. The van der Waals surface area contributed by atoms with Crippen LogP contribution in [0, 0.1) is 5.21 Å². The lowest BCUT2D eigenvalue weighted by Gasteiger charge is -2.29. The summed E-state index contributed by atoms with van der Waals surface area (Å²) in [5.41, 5.74) is 2.08. The summed E-state index contributed by atoms with van der Waals surface area (Å²) in [6, 6.07) is 7.80. The van der Waals surface area contributed by atoms with Gasteiger partial charge >= 0.3 is 0 Å². The van der Waals surface area contributed by atoms with Crippen molar-refractivity contribution in [2.24, 2.45) is 0 Å². The second-order valence-corrected chi connectivity index (χ2v) is 3.71. The summed E-state index contributed by atoms with van der Waals surface area (Å²) < 4.78 is 0. The van der Waals surface area contributed by atoms with Crippen LogP contribution in [0.1, 0.15) is 17.3 Å². The molecule has 1 aromatic carbocycles. The van der Waals surface area contributed by atoms with Crippen LogP contribution in [-0.2, 0) is 6.42 Å². The van der Waals surface area contributed by atoms with Crippen LogP contribution in [0.2, 0.25) is 0 Å². The van der Waals surface area contributed by atoms with Crippen molar-refractivity contribution < 1.29 is 5.11 Å². The van der Waals surface area contributed by atoms with Gasteiger partial charge in [-0.15, -0.1) is 0 Å². The van der Waals surface area contributed by atoms with Crippen LogP contribution in [0.25, 0.3) is 0 Å². The fourth-order valence-electron chi connectivity index (χ4n) is 1.82. The maximum atomic E-state index is 11.4. The third-order valence-corrected chi connectivity index (χ3v) is 2.65. The summed E-state index contributed by atoms with van der Waals surface area (Å²) in [6.07, 6.45) is 0.465.